The monoisotopic (exact) mass is 272 g/mol. The highest BCUT2D eigenvalue weighted by atomic mass is 15.2. The van der Waals surface area contributed by atoms with Crippen LogP contribution < -0.4 is 5.73 Å². The summed E-state index contributed by atoms with van der Waals surface area (Å²) in [5.41, 5.74) is 9.10. The molecule has 1 aromatic rings. The Balaban J connectivity index is 1.75. The lowest BCUT2D eigenvalue weighted by atomic mass is 9.99. The van der Waals surface area contributed by atoms with E-state index < -0.39 is 0 Å². The van der Waals surface area contributed by atoms with Crippen LogP contribution >= 0.6 is 0 Å². The van der Waals surface area contributed by atoms with Crippen molar-refractivity contribution in [3.8, 4) is 0 Å². The Bertz CT molecular complexity index is 417. The Kier molecular flexibility index (Phi) is 4.74. The zero-order valence-corrected chi connectivity index (χ0v) is 12.6. The van der Waals surface area contributed by atoms with Crippen LogP contribution in [0.2, 0.25) is 0 Å². The zero-order chi connectivity index (χ0) is 13.8. The summed E-state index contributed by atoms with van der Waals surface area (Å²) in [7, 11) is 0. The molecule has 1 saturated carbocycles. The molecule has 0 amide bonds. The van der Waals surface area contributed by atoms with Crippen molar-refractivity contribution in [2.45, 2.75) is 56.9 Å². The highest BCUT2D eigenvalue weighted by Crippen LogP contribution is 2.40. The molecule has 1 aromatic carbocycles. The van der Waals surface area contributed by atoms with Crippen molar-refractivity contribution in [1.29, 1.82) is 0 Å². The molecule has 1 saturated heterocycles. The number of benzene rings is 1. The van der Waals surface area contributed by atoms with Gasteiger partial charge in [-0.05, 0) is 55.8 Å². The minimum atomic E-state index is 0.423. The van der Waals surface area contributed by atoms with E-state index in [9.17, 15) is 0 Å². The van der Waals surface area contributed by atoms with Gasteiger partial charge in [0.2, 0.25) is 0 Å². The molecule has 0 bridgehead atoms. The van der Waals surface area contributed by atoms with E-state index in [0.717, 1.165) is 12.5 Å². The summed E-state index contributed by atoms with van der Waals surface area (Å²) in [6.45, 7) is 3.18. The van der Waals surface area contributed by atoms with Crippen molar-refractivity contribution < 1.29 is 0 Å². The number of nitrogens with two attached hydrogens (primary N) is 1. The molecule has 2 nitrogen and oxygen atoms in total. The first-order valence-electron chi connectivity index (χ1n) is 8.42. The fourth-order valence-corrected chi connectivity index (χ4v) is 3.52. The normalized spacial score (nSPS) is 23.1. The highest BCUT2D eigenvalue weighted by Gasteiger charge is 2.25. The van der Waals surface area contributed by atoms with E-state index in [1.165, 1.54) is 69.2 Å². The molecule has 1 aliphatic carbocycles. The van der Waals surface area contributed by atoms with Crippen LogP contribution in [0.25, 0.3) is 0 Å². The number of hydrogen-bond donors (Lipinski definition) is 1. The fraction of sp³-hybridized carbons (Fsp3) is 0.667. The molecule has 110 valence electrons. The standard InChI is InChI=1S/C18H28N2/c19-14-18(20-11-4-2-1-3-5-12-20)17-8-6-7-16(13-17)15-9-10-15/h6-8,13,15,18H,1-5,9-12,14,19H2. The molecule has 1 atom stereocenters. The summed E-state index contributed by atoms with van der Waals surface area (Å²) in [5, 5.41) is 0. The third-order valence-corrected chi connectivity index (χ3v) is 4.90. The van der Waals surface area contributed by atoms with E-state index in [1.54, 1.807) is 0 Å². The second kappa shape index (κ2) is 6.73. The van der Waals surface area contributed by atoms with Gasteiger partial charge in [-0.15, -0.1) is 0 Å². The second-order valence-electron chi connectivity index (χ2n) is 6.50. The topological polar surface area (TPSA) is 29.3 Å². The molecule has 1 heterocycles. The summed E-state index contributed by atoms with van der Waals surface area (Å²) in [6, 6.07) is 9.65. The van der Waals surface area contributed by atoms with E-state index >= 15 is 0 Å². The minimum Gasteiger partial charge on any atom is -0.329 e. The summed E-state index contributed by atoms with van der Waals surface area (Å²) < 4.78 is 0. The molecule has 0 spiro atoms. The Labute approximate surface area is 123 Å². The van der Waals surface area contributed by atoms with Gasteiger partial charge in [0.05, 0.1) is 0 Å². The molecular weight excluding hydrogens is 244 g/mol. The van der Waals surface area contributed by atoms with Gasteiger partial charge in [-0.2, -0.15) is 0 Å². The first kappa shape index (κ1) is 14.1. The van der Waals surface area contributed by atoms with Gasteiger partial charge in [-0.1, -0.05) is 43.5 Å². The Morgan fingerprint density at radius 1 is 1.05 bits per heavy atom. The van der Waals surface area contributed by atoms with Gasteiger partial charge in [-0.25, -0.2) is 0 Å². The molecule has 20 heavy (non-hydrogen) atoms. The first-order valence-corrected chi connectivity index (χ1v) is 8.42. The molecule has 1 aliphatic heterocycles. The third kappa shape index (κ3) is 3.42. The summed E-state index contributed by atoms with van der Waals surface area (Å²) in [4.78, 5) is 2.63. The second-order valence-corrected chi connectivity index (χ2v) is 6.50. The van der Waals surface area contributed by atoms with Crippen molar-refractivity contribution >= 4 is 0 Å². The van der Waals surface area contributed by atoms with Crippen LogP contribution in [0, 0.1) is 0 Å². The van der Waals surface area contributed by atoms with Gasteiger partial charge < -0.3 is 5.73 Å². The van der Waals surface area contributed by atoms with Gasteiger partial charge in [0, 0.05) is 12.6 Å². The maximum absolute atomic E-state index is 6.13. The maximum Gasteiger partial charge on any atom is 0.0470 e. The first-order chi connectivity index (χ1) is 9.88. The third-order valence-electron chi connectivity index (χ3n) is 4.90. The fourth-order valence-electron chi connectivity index (χ4n) is 3.52. The van der Waals surface area contributed by atoms with Gasteiger partial charge in [0.25, 0.3) is 0 Å². The molecule has 0 radical (unpaired) electrons. The van der Waals surface area contributed by atoms with Crippen molar-refractivity contribution in [3.05, 3.63) is 35.4 Å². The van der Waals surface area contributed by atoms with Gasteiger partial charge in [0.1, 0.15) is 0 Å². The SMILES string of the molecule is NCC(c1cccc(C2CC2)c1)N1CCCCCCC1. The number of hydrogen-bond acceptors (Lipinski definition) is 2. The maximum atomic E-state index is 6.13. The van der Waals surface area contributed by atoms with E-state index in [4.69, 9.17) is 5.73 Å². The predicted octanol–water partition coefficient (Wildman–Crippen LogP) is 3.83. The quantitative estimate of drug-likeness (QED) is 0.902. The Morgan fingerprint density at radius 2 is 1.75 bits per heavy atom. The molecule has 1 unspecified atom stereocenters. The van der Waals surface area contributed by atoms with Crippen molar-refractivity contribution in [3.63, 3.8) is 0 Å². The average Bonchev–Trinajstić information content (AvgIpc) is 3.26. The molecular formula is C18H28N2. The number of nitrogens with zero attached hydrogens (tertiary/aromatic N) is 1. The minimum absolute atomic E-state index is 0.423. The van der Waals surface area contributed by atoms with Crippen LogP contribution in [0.15, 0.2) is 24.3 Å². The molecule has 2 fully saturated rings. The molecule has 0 aromatic heterocycles. The summed E-state index contributed by atoms with van der Waals surface area (Å²) >= 11 is 0. The Morgan fingerprint density at radius 3 is 2.40 bits per heavy atom. The average molecular weight is 272 g/mol. The summed E-state index contributed by atoms with van der Waals surface area (Å²) in [6.07, 6.45) is 9.60. The van der Waals surface area contributed by atoms with E-state index in [2.05, 4.69) is 29.2 Å². The zero-order valence-electron chi connectivity index (χ0n) is 12.6. The smallest absolute Gasteiger partial charge is 0.0470 e. The molecule has 2 heteroatoms. The highest BCUT2D eigenvalue weighted by molar-refractivity contribution is 5.31. The predicted molar refractivity (Wildman–Crippen MR) is 84.9 cm³/mol. The van der Waals surface area contributed by atoms with Crippen LogP contribution in [0.1, 0.15) is 68.0 Å². The van der Waals surface area contributed by atoms with Gasteiger partial charge in [0.15, 0.2) is 0 Å². The number of likely N-dealkylation sites (tertiary alicyclic amines) is 1. The molecule has 3 rings (SSSR count). The van der Waals surface area contributed by atoms with Crippen molar-refractivity contribution in [2.75, 3.05) is 19.6 Å². The van der Waals surface area contributed by atoms with Gasteiger partial charge >= 0.3 is 0 Å². The summed E-state index contributed by atoms with van der Waals surface area (Å²) in [5.74, 6) is 0.834. The van der Waals surface area contributed by atoms with Crippen molar-refractivity contribution in [2.24, 2.45) is 5.73 Å². The Hall–Kier alpha value is -0.860. The lowest BCUT2D eigenvalue weighted by molar-refractivity contribution is 0.183. The number of rotatable bonds is 4. The van der Waals surface area contributed by atoms with Crippen molar-refractivity contribution in [1.82, 2.24) is 4.90 Å². The van der Waals surface area contributed by atoms with E-state index in [0.29, 0.717) is 6.04 Å². The van der Waals surface area contributed by atoms with Crippen LogP contribution in [0.3, 0.4) is 0 Å². The van der Waals surface area contributed by atoms with Crippen LogP contribution in [-0.2, 0) is 0 Å². The lowest BCUT2D eigenvalue weighted by Crippen LogP contribution is -2.36. The largest absolute Gasteiger partial charge is 0.329 e. The van der Waals surface area contributed by atoms with E-state index in [1.807, 2.05) is 0 Å². The van der Waals surface area contributed by atoms with E-state index in [-0.39, 0.29) is 0 Å². The van der Waals surface area contributed by atoms with Crippen LogP contribution in [-0.4, -0.2) is 24.5 Å². The van der Waals surface area contributed by atoms with Crippen LogP contribution in [0.5, 0.6) is 0 Å². The lowest BCUT2D eigenvalue weighted by Gasteiger charge is -2.32. The van der Waals surface area contributed by atoms with Crippen LogP contribution in [0.4, 0.5) is 0 Å². The molecule has 2 aliphatic rings. The molecule has 2 N–H and O–H groups in total. The van der Waals surface area contributed by atoms with Gasteiger partial charge in [-0.3, -0.25) is 4.90 Å².